The molecule has 0 saturated heterocycles. The molecule has 1 atom stereocenters. The lowest BCUT2D eigenvalue weighted by atomic mass is 10.3. The molecule has 2 fully saturated rings. The fourth-order valence-corrected chi connectivity index (χ4v) is 2.15. The molecule has 2 aliphatic carbocycles. The number of carbonyl (C=O) groups is 2. The Morgan fingerprint density at radius 3 is 2.22 bits per heavy atom. The van der Waals surface area contributed by atoms with Crippen molar-refractivity contribution in [3.8, 4) is 5.75 Å². The fourth-order valence-electron chi connectivity index (χ4n) is 2.03. The molecule has 2 saturated carbocycles. The third-order valence-electron chi connectivity index (χ3n) is 3.77. The number of ether oxygens (including phenoxy) is 3. The van der Waals surface area contributed by atoms with E-state index in [-0.39, 0.29) is 37.0 Å². The number of benzene rings is 1. The molecule has 124 valence electrons. The molecular weight excluding hydrogens is 320 g/mol. The van der Waals surface area contributed by atoms with Crippen molar-refractivity contribution in [2.24, 2.45) is 11.8 Å². The molecule has 3 rings (SSSR count). The van der Waals surface area contributed by atoms with E-state index in [1.54, 1.807) is 24.3 Å². The lowest BCUT2D eigenvalue weighted by molar-refractivity contribution is -0.162. The second-order valence-electron chi connectivity index (χ2n) is 6.00. The van der Waals surface area contributed by atoms with E-state index in [0.29, 0.717) is 10.8 Å². The first-order valence-corrected chi connectivity index (χ1v) is 8.25. The van der Waals surface area contributed by atoms with Crippen LogP contribution in [0.2, 0.25) is 5.02 Å². The van der Waals surface area contributed by atoms with Crippen LogP contribution in [-0.4, -0.2) is 31.3 Å². The van der Waals surface area contributed by atoms with Gasteiger partial charge in [0, 0.05) is 5.02 Å². The molecule has 23 heavy (non-hydrogen) atoms. The van der Waals surface area contributed by atoms with Crippen LogP contribution in [-0.2, 0) is 19.1 Å². The minimum atomic E-state index is -0.596. The molecular formula is C17H19ClO5. The maximum absolute atomic E-state index is 11.8. The number of halogens is 1. The van der Waals surface area contributed by atoms with E-state index in [4.69, 9.17) is 25.8 Å². The first kappa shape index (κ1) is 16.1. The molecule has 0 unspecified atom stereocenters. The lowest BCUT2D eigenvalue weighted by Gasteiger charge is -2.18. The summed E-state index contributed by atoms with van der Waals surface area (Å²) in [6.07, 6.45) is 2.90. The van der Waals surface area contributed by atoms with Crippen LogP contribution in [0.25, 0.3) is 0 Å². The third-order valence-corrected chi connectivity index (χ3v) is 4.02. The molecule has 0 bridgehead atoms. The topological polar surface area (TPSA) is 61.8 Å². The molecule has 1 aromatic rings. The van der Waals surface area contributed by atoms with Gasteiger partial charge in [0.25, 0.3) is 0 Å². The van der Waals surface area contributed by atoms with Crippen molar-refractivity contribution in [1.82, 2.24) is 0 Å². The van der Waals surface area contributed by atoms with E-state index in [1.165, 1.54) is 0 Å². The van der Waals surface area contributed by atoms with Gasteiger partial charge in [-0.2, -0.15) is 0 Å². The van der Waals surface area contributed by atoms with Gasteiger partial charge in [0.1, 0.15) is 19.0 Å². The Morgan fingerprint density at radius 2 is 1.61 bits per heavy atom. The molecule has 0 spiro atoms. The third kappa shape index (κ3) is 5.13. The van der Waals surface area contributed by atoms with E-state index in [1.807, 2.05) is 0 Å². The summed E-state index contributed by atoms with van der Waals surface area (Å²) >= 11 is 5.82. The van der Waals surface area contributed by atoms with Crippen molar-refractivity contribution >= 4 is 23.5 Å². The van der Waals surface area contributed by atoms with Gasteiger partial charge in [-0.25, -0.2) is 0 Å². The lowest BCUT2D eigenvalue weighted by Crippen LogP contribution is -2.31. The van der Waals surface area contributed by atoms with Crippen molar-refractivity contribution < 1.29 is 23.8 Å². The van der Waals surface area contributed by atoms with Gasteiger partial charge in [-0.3, -0.25) is 9.59 Å². The van der Waals surface area contributed by atoms with Crippen molar-refractivity contribution in [2.75, 3.05) is 13.2 Å². The first-order chi connectivity index (χ1) is 11.1. The maximum Gasteiger partial charge on any atom is 0.309 e. The molecule has 0 N–H and O–H groups in total. The average Bonchev–Trinajstić information content (AvgIpc) is 3.41. The van der Waals surface area contributed by atoms with E-state index < -0.39 is 6.10 Å². The molecule has 0 aromatic heterocycles. The van der Waals surface area contributed by atoms with Gasteiger partial charge in [0.2, 0.25) is 0 Å². The highest BCUT2D eigenvalue weighted by molar-refractivity contribution is 6.30. The second kappa shape index (κ2) is 7.21. The average molecular weight is 339 g/mol. The van der Waals surface area contributed by atoms with Crippen LogP contribution in [0.3, 0.4) is 0 Å². The van der Waals surface area contributed by atoms with Gasteiger partial charge < -0.3 is 14.2 Å². The second-order valence-corrected chi connectivity index (χ2v) is 6.44. The van der Waals surface area contributed by atoms with Crippen LogP contribution in [0.4, 0.5) is 0 Å². The van der Waals surface area contributed by atoms with Crippen molar-refractivity contribution in [3.05, 3.63) is 29.3 Å². The first-order valence-electron chi connectivity index (χ1n) is 7.87. The van der Waals surface area contributed by atoms with E-state index in [9.17, 15) is 9.59 Å². The van der Waals surface area contributed by atoms with Crippen molar-refractivity contribution in [2.45, 2.75) is 31.8 Å². The standard InChI is InChI=1S/C17H19ClO5/c18-13-5-7-14(8-6-13)21-9-15(23-17(20)12-3-4-12)10-22-16(19)11-1-2-11/h5-8,11-12,15H,1-4,9-10H2/t15-/m1/s1. The highest BCUT2D eigenvalue weighted by atomic mass is 35.5. The molecule has 0 heterocycles. The Bertz CT molecular complexity index is 563. The summed E-state index contributed by atoms with van der Waals surface area (Å²) in [7, 11) is 0. The molecule has 1 aromatic carbocycles. The minimum absolute atomic E-state index is 0.00725. The van der Waals surface area contributed by atoms with Gasteiger partial charge in [-0.15, -0.1) is 0 Å². The predicted molar refractivity (Wildman–Crippen MR) is 83.2 cm³/mol. The van der Waals surface area contributed by atoms with Crippen molar-refractivity contribution in [1.29, 1.82) is 0 Å². The van der Waals surface area contributed by atoms with E-state index >= 15 is 0 Å². The minimum Gasteiger partial charge on any atom is -0.490 e. The van der Waals surface area contributed by atoms with Gasteiger partial charge >= 0.3 is 11.9 Å². The largest absolute Gasteiger partial charge is 0.490 e. The summed E-state index contributed by atoms with van der Waals surface area (Å²) in [6.45, 7) is 0.166. The Labute approximate surface area is 139 Å². The number of hydrogen-bond donors (Lipinski definition) is 0. The number of rotatable bonds is 8. The summed E-state index contributed by atoms with van der Waals surface area (Å²) in [4.78, 5) is 23.5. The van der Waals surface area contributed by atoms with Gasteiger partial charge in [-0.1, -0.05) is 11.6 Å². The molecule has 0 amide bonds. The number of esters is 2. The quantitative estimate of drug-likeness (QED) is 0.682. The highest BCUT2D eigenvalue weighted by Crippen LogP contribution is 2.31. The summed E-state index contributed by atoms with van der Waals surface area (Å²) in [5, 5.41) is 0.618. The van der Waals surface area contributed by atoms with E-state index in [0.717, 1.165) is 25.7 Å². The van der Waals surface area contributed by atoms with Crippen LogP contribution in [0, 0.1) is 11.8 Å². The van der Waals surface area contributed by atoms with Gasteiger partial charge in [0.05, 0.1) is 11.8 Å². The molecule has 0 aliphatic heterocycles. The molecule has 6 heteroatoms. The van der Waals surface area contributed by atoms with Crippen LogP contribution < -0.4 is 4.74 Å². The van der Waals surface area contributed by atoms with E-state index in [2.05, 4.69) is 0 Å². The summed E-state index contributed by atoms with van der Waals surface area (Å²) < 4.78 is 16.2. The zero-order valence-electron chi connectivity index (χ0n) is 12.7. The van der Waals surface area contributed by atoms with Gasteiger partial charge in [-0.05, 0) is 49.9 Å². The molecule has 5 nitrogen and oxygen atoms in total. The zero-order valence-corrected chi connectivity index (χ0v) is 13.5. The van der Waals surface area contributed by atoms with Crippen LogP contribution >= 0.6 is 11.6 Å². The molecule has 0 radical (unpaired) electrons. The monoisotopic (exact) mass is 338 g/mol. The highest BCUT2D eigenvalue weighted by Gasteiger charge is 2.35. The number of carbonyl (C=O) groups excluding carboxylic acids is 2. The Morgan fingerprint density at radius 1 is 1.00 bits per heavy atom. The van der Waals surface area contributed by atoms with Crippen LogP contribution in [0.15, 0.2) is 24.3 Å². The summed E-state index contributed by atoms with van der Waals surface area (Å²) in [6, 6.07) is 6.90. The Hall–Kier alpha value is -1.75. The Kier molecular flexibility index (Phi) is 5.06. The van der Waals surface area contributed by atoms with Crippen molar-refractivity contribution in [3.63, 3.8) is 0 Å². The predicted octanol–water partition coefficient (Wildman–Crippen LogP) is 2.99. The number of hydrogen-bond acceptors (Lipinski definition) is 5. The van der Waals surface area contributed by atoms with Gasteiger partial charge in [0.15, 0.2) is 6.10 Å². The Balaban J connectivity index is 1.50. The maximum atomic E-state index is 11.8. The molecule has 2 aliphatic rings. The van der Waals surface area contributed by atoms with Crippen LogP contribution in [0.1, 0.15) is 25.7 Å². The SMILES string of the molecule is O=C(OC[C@@H](COc1ccc(Cl)cc1)OC(=O)C1CC1)C1CC1. The van der Waals surface area contributed by atoms with Crippen LogP contribution in [0.5, 0.6) is 5.75 Å². The smallest absolute Gasteiger partial charge is 0.309 e. The normalized spacial score (nSPS) is 18.1. The summed E-state index contributed by atoms with van der Waals surface area (Å²) in [5.74, 6) is 0.177. The zero-order chi connectivity index (χ0) is 16.2. The summed E-state index contributed by atoms with van der Waals surface area (Å²) in [5.41, 5.74) is 0. The fraction of sp³-hybridized carbons (Fsp3) is 0.529.